The number of aromatic nitrogens is 2. The van der Waals surface area contributed by atoms with Gasteiger partial charge in [-0.15, -0.1) is 35.0 Å². The van der Waals surface area contributed by atoms with Gasteiger partial charge >= 0.3 is 0 Å². The van der Waals surface area contributed by atoms with Gasteiger partial charge in [-0.1, -0.05) is 41.7 Å². The van der Waals surface area contributed by atoms with Crippen LogP contribution in [-0.4, -0.2) is 54.5 Å². The number of hydrogen-bond acceptors (Lipinski definition) is 6. The first-order chi connectivity index (χ1) is 9.92. The lowest BCUT2D eigenvalue weighted by Crippen LogP contribution is -2.38. The Morgan fingerprint density at radius 2 is 1.82 bits per heavy atom. The Morgan fingerprint density at radius 3 is 2.55 bits per heavy atom. The van der Waals surface area contributed by atoms with Crippen molar-refractivity contribution in [2.45, 2.75) is 0 Å². The molecule has 1 fully saturated rings. The number of nitrogens with zero attached hydrogens (tertiary/aromatic N) is 3. The van der Waals surface area contributed by atoms with E-state index in [0.717, 1.165) is 55.1 Å². The van der Waals surface area contributed by atoms with Crippen molar-refractivity contribution in [1.82, 2.24) is 15.1 Å². The van der Waals surface area contributed by atoms with Gasteiger partial charge in [-0.3, -0.25) is 4.90 Å². The fraction of sp³-hybridized carbons (Fsp3) is 0.429. The summed E-state index contributed by atoms with van der Waals surface area (Å²) in [6.07, 6.45) is 0. The molecule has 1 aliphatic heterocycles. The predicted octanol–water partition coefficient (Wildman–Crippen LogP) is 2.79. The number of morpholine rings is 1. The second kappa shape index (κ2) is 9.97. The zero-order valence-corrected chi connectivity index (χ0v) is 14.6. The Labute approximate surface area is 146 Å². The number of nitrogens with one attached hydrogen (secondary N) is 1. The molecule has 0 radical (unpaired) electrons. The molecule has 122 valence electrons. The van der Waals surface area contributed by atoms with Crippen LogP contribution in [0.5, 0.6) is 0 Å². The summed E-state index contributed by atoms with van der Waals surface area (Å²) in [7, 11) is 0. The van der Waals surface area contributed by atoms with Crippen LogP contribution in [0.3, 0.4) is 0 Å². The molecule has 1 aromatic heterocycles. The minimum Gasteiger partial charge on any atom is -0.379 e. The summed E-state index contributed by atoms with van der Waals surface area (Å²) in [5, 5.41) is 13.6. The van der Waals surface area contributed by atoms with Gasteiger partial charge < -0.3 is 10.1 Å². The van der Waals surface area contributed by atoms with Gasteiger partial charge in [0.05, 0.1) is 13.2 Å². The van der Waals surface area contributed by atoms with Gasteiger partial charge in [-0.25, -0.2) is 0 Å². The second-order valence-electron chi connectivity index (χ2n) is 4.66. The third kappa shape index (κ3) is 5.37. The molecule has 0 spiro atoms. The number of ether oxygens (including phenoxy) is 1. The van der Waals surface area contributed by atoms with Crippen LogP contribution in [0.2, 0.25) is 0 Å². The summed E-state index contributed by atoms with van der Waals surface area (Å²) in [6, 6.07) is 10.1. The summed E-state index contributed by atoms with van der Waals surface area (Å²) >= 11 is 1.60. The third-order valence-electron chi connectivity index (χ3n) is 3.25. The molecule has 1 N–H and O–H groups in total. The van der Waals surface area contributed by atoms with E-state index in [1.54, 1.807) is 11.3 Å². The van der Waals surface area contributed by atoms with Crippen molar-refractivity contribution in [3.63, 3.8) is 0 Å². The fourth-order valence-electron chi connectivity index (χ4n) is 2.14. The van der Waals surface area contributed by atoms with Gasteiger partial charge in [0.15, 0.2) is 0 Å². The van der Waals surface area contributed by atoms with Gasteiger partial charge in [0.25, 0.3) is 0 Å². The standard InChI is InChI=1S/C14H18N4OS.2ClH/c1-2-4-12(5-3-1)13-16-17-14(20-13)15-6-7-18-8-10-19-11-9-18;;/h1-5H,6-11H2,(H,15,17);2*1H. The van der Waals surface area contributed by atoms with E-state index >= 15 is 0 Å². The van der Waals surface area contributed by atoms with Crippen LogP contribution >= 0.6 is 36.2 Å². The summed E-state index contributed by atoms with van der Waals surface area (Å²) in [6.45, 7) is 5.64. The number of hydrogen-bond donors (Lipinski definition) is 1. The highest BCUT2D eigenvalue weighted by molar-refractivity contribution is 7.18. The maximum Gasteiger partial charge on any atom is 0.206 e. The number of rotatable bonds is 5. The molecule has 0 unspecified atom stereocenters. The molecule has 2 heterocycles. The lowest BCUT2D eigenvalue weighted by molar-refractivity contribution is 0.0398. The van der Waals surface area contributed by atoms with E-state index in [2.05, 4.69) is 32.5 Å². The summed E-state index contributed by atoms with van der Waals surface area (Å²) < 4.78 is 5.33. The van der Waals surface area contributed by atoms with E-state index < -0.39 is 0 Å². The maximum atomic E-state index is 5.33. The SMILES string of the molecule is Cl.Cl.c1ccc(-c2nnc(NCCN3CCOCC3)s2)cc1. The zero-order chi connectivity index (χ0) is 13.6. The molecule has 8 heteroatoms. The van der Waals surface area contributed by atoms with Crippen LogP contribution in [0.15, 0.2) is 30.3 Å². The molecule has 5 nitrogen and oxygen atoms in total. The number of anilines is 1. The zero-order valence-electron chi connectivity index (χ0n) is 12.1. The topological polar surface area (TPSA) is 50.3 Å². The molecule has 22 heavy (non-hydrogen) atoms. The van der Waals surface area contributed by atoms with E-state index in [1.165, 1.54) is 0 Å². The first-order valence-electron chi connectivity index (χ1n) is 6.85. The van der Waals surface area contributed by atoms with Gasteiger partial charge in [0, 0.05) is 31.7 Å². The van der Waals surface area contributed by atoms with Crippen molar-refractivity contribution < 1.29 is 4.74 Å². The number of halogens is 2. The highest BCUT2D eigenvalue weighted by Gasteiger charge is 2.10. The van der Waals surface area contributed by atoms with E-state index in [0.29, 0.717) is 0 Å². The third-order valence-corrected chi connectivity index (χ3v) is 4.18. The Hall–Kier alpha value is -0.920. The van der Waals surface area contributed by atoms with Crippen molar-refractivity contribution in [2.24, 2.45) is 0 Å². The lowest BCUT2D eigenvalue weighted by atomic mass is 10.2. The molecule has 1 saturated heterocycles. The van der Waals surface area contributed by atoms with Gasteiger partial charge in [0.1, 0.15) is 5.01 Å². The van der Waals surface area contributed by atoms with E-state index in [1.807, 2.05) is 18.2 Å². The van der Waals surface area contributed by atoms with Crippen molar-refractivity contribution >= 4 is 41.3 Å². The smallest absolute Gasteiger partial charge is 0.206 e. The first-order valence-corrected chi connectivity index (χ1v) is 7.66. The van der Waals surface area contributed by atoms with E-state index in [-0.39, 0.29) is 24.8 Å². The Bertz CT molecular complexity index is 535. The monoisotopic (exact) mass is 362 g/mol. The minimum atomic E-state index is 0. The molecule has 3 rings (SSSR count). The highest BCUT2D eigenvalue weighted by Crippen LogP contribution is 2.25. The molecule has 0 atom stereocenters. The lowest BCUT2D eigenvalue weighted by Gasteiger charge is -2.26. The van der Waals surface area contributed by atoms with Crippen molar-refractivity contribution in [3.8, 4) is 10.6 Å². The molecule has 2 aromatic rings. The van der Waals surface area contributed by atoms with Crippen molar-refractivity contribution in [3.05, 3.63) is 30.3 Å². The normalized spacial score (nSPS) is 14.7. The van der Waals surface area contributed by atoms with Gasteiger partial charge in [-0.2, -0.15) is 0 Å². The highest BCUT2D eigenvalue weighted by atomic mass is 35.5. The molecular formula is C14H20Cl2N4OS. The molecular weight excluding hydrogens is 343 g/mol. The van der Waals surface area contributed by atoms with Crippen LogP contribution in [0.25, 0.3) is 10.6 Å². The van der Waals surface area contributed by atoms with Crippen LogP contribution < -0.4 is 5.32 Å². The quantitative estimate of drug-likeness (QED) is 0.885. The molecule has 0 aliphatic carbocycles. The Morgan fingerprint density at radius 1 is 1.09 bits per heavy atom. The molecule has 0 bridgehead atoms. The van der Waals surface area contributed by atoms with Crippen LogP contribution in [-0.2, 0) is 4.74 Å². The van der Waals surface area contributed by atoms with Crippen molar-refractivity contribution in [1.29, 1.82) is 0 Å². The average molecular weight is 363 g/mol. The largest absolute Gasteiger partial charge is 0.379 e. The van der Waals surface area contributed by atoms with Crippen LogP contribution in [0.4, 0.5) is 5.13 Å². The summed E-state index contributed by atoms with van der Waals surface area (Å²) in [4.78, 5) is 2.40. The molecule has 0 saturated carbocycles. The molecule has 0 amide bonds. The predicted molar refractivity (Wildman–Crippen MR) is 95.6 cm³/mol. The number of benzene rings is 1. The van der Waals surface area contributed by atoms with Crippen LogP contribution in [0.1, 0.15) is 0 Å². The molecule has 1 aliphatic rings. The summed E-state index contributed by atoms with van der Waals surface area (Å²) in [5.41, 5.74) is 1.12. The first kappa shape index (κ1) is 19.1. The fourth-order valence-corrected chi connectivity index (χ4v) is 2.91. The van der Waals surface area contributed by atoms with E-state index in [4.69, 9.17) is 4.74 Å². The Kier molecular flexibility index (Phi) is 8.67. The maximum absolute atomic E-state index is 5.33. The average Bonchev–Trinajstić information content (AvgIpc) is 2.98. The van der Waals surface area contributed by atoms with Gasteiger partial charge in [0.2, 0.25) is 5.13 Å². The minimum absolute atomic E-state index is 0. The summed E-state index contributed by atoms with van der Waals surface area (Å²) in [5.74, 6) is 0. The van der Waals surface area contributed by atoms with Crippen LogP contribution in [0, 0.1) is 0 Å². The van der Waals surface area contributed by atoms with E-state index in [9.17, 15) is 0 Å². The Balaban J connectivity index is 0.00000121. The second-order valence-corrected chi connectivity index (χ2v) is 5.64. The molecule has 1 aromatic carbocycles. The van der Waals surface area contributed by atoms with Crippen molar-refractivity contribution in [2.75, 3.05) is 44.7 Å². The van der Waals surface area contributed by atoms with Gasteiger partial charge in [-0.05, 0) is 0 Å².